The summed E-state index contributed by atoms with van der Waals surface area (Å²) in [5, 5.41) is 3.32. The van der Waals surface area contributed by atoms with Crippen molar-refractivity contribution in [3.8, 4) is 0 Å². The molecule has 0 amide bonds. The van der Waals surface area contributed by atoms with E-state index in [2.05, 4.69) is 23.7 Å². The predicted octanol–water partition coefficient (Wildman–Crippen LogP) is 1.31. The van der Waals surface area contributed by atoms with Crippen molar-refractivity contribution in [2.24, 2.45) is 0 Å². The fourth-order valence-electron chi connectivity index (χ4n) is 1.25. The number of hydrogen-bond acceptors (Lipinski definition) is 2. The molecule has 1 aliphatic heterocycles. The first kappa shape index (κ1) is 14.7. The van der Waals surface area contributed by atoms with Gasteiger partial charge in [-0.2, -0.15) is 0 Å². The van der Waals surface area contributed by atoms with Crippen molar-refractivity contribution >= 4 is 24.8 Å². The van der Waals surface area contributed by atoms with E-state index in [1.807, 2.05) is 0 Å². The molecule has 0 aliphatic carbocycles. The van der Waals surface area contributed by atoms with Crippen molar-refractivity contribution < 1.29 is 0 Å². The highest BCUT2D eigenvalue weighted by Crippen LogP contribution is 1.96. The normalized spacial score (nSPS) is 17.4. The number of piperazine rings is 1. The second-order valence-electron chi connectivity index (χ2n) is 2.98. The molecular formula is C8H18Cl2N2. The van der Waals surface area contributed by atoms with Crippen LogP contribution in [0.2, 0.25) is 0 Å². The molecule has 74 valence electrons. The molecule has 1 saturated heterocycles. The van der Waals surface area contributed by atoms with Crippen LogP contribution in [-0.2, 0) is 0 Å². The van der Waals surface area contributed by atoms with Crippen LogP contribution in [-0.4, -0.2) is 37.6 Å². The number of rotatable bonds is 2. The van der Waals surface area contributed by atoms with Crippen LogP contribution in [0.5, 0.6) is 0 Å². The predicted molar refractivity (Wildman–Crippen MR) is 58.6 cm³/mol. The Morgan fingerprint density at radius 3 is 2.25 bits per heavy atom. The van der Waals surface area contributed by atoms with Crippen LogP contribution in [0, 0.1) is 0 Å². The molecule has 2 nitrogen and oxygen atoms in total. The Morgan fingerprint density at radius 1 is 1.33 bits per heavy atom. The topological polar surface area (TPSA) is 15.3 Å². The zero-order valence-corrected chi connectivity index (χ0v) is 9.14. The van der Waals surface area contributed by atoms with Gasteiger partial charge in [-0.15, -0.1) is 24.8 Å². The minimum absolute atomic E-state index is 0. The molecule has 1 aliphatic rings. The Hall–Kier alpha value is 0.240. The lowest BCUT2D eigenvalue weighted by Crippen LogP contribution is -2.43. The third-order valence-corrected chi connectivity index (χ3v) is 1.70. The standard InChI is InChI=1S/C8H16N2.2ClH/c1-8(2)7-10-5-3-9-4-6-10;;/h9H,1,3-7H2,2H3;2*1H. The van der Waals surface area contributed by atoms with Crippen LogP contribution in [0.25, 0.3) is 0 Å². The highest BCUT2D eigenvalue weighted by Gasteiger charge is 2.07. The molecule has 0 aromatic rings. The Morgan fingerprint density at radius 2 is 1.83 bits per heavy atom. The lowest BCUT2D eigenvalue weighted by Gasteiger charge is -2.26. The Bertz CT molecular complexity index is 122. The van der Waals surface area contributed by atoms with Gasteiger partial charge in [-0.3, -0.25) is 4.90 Å². The molecule has 0 radical (unpaired) electrons. The van der Waals surface area contributed by atoms with Crippen molar-refractivity contribution in [1.29, 1.82) is 0 Å². The van der Waals surface area contributed by atoms with E-state index in [0.717, 1.165) is 19.6 Å². The van der Waals surface area contributed by atoms with E-state index < -0.39 is 0 Å². The molecule has 1 rings (SSSR count). The summed E-state index contributed by atoms with van der Waals surface area (Å²) in [6, 6.07) is 0. The molecule has 4 heteroatoms. The summed E-state index contributed by atoms with van der Waals surface area (Å²) in [5.41, 5.74) is 1.27. The molecule has 12 heavy (non-hydrogen) atoms. The van der Waals surface area contributed by atoms with Gasteiger partial charge in [0, 0.05) is 32.7 Å². The van der Waals surface area contributed by atoms with Crippen LogP contribution >= 0.6 is 24.8 Å². The molecule has 0 spiro atoms. The summed E-state index contributed by atoms with van der Waals surface area (Å²) in [6.45, 7) is 11.7. The number of nitrogens with zero attached hydrogens (tertiary/aromatic N) is 1. The monoisotopic (exact) mass is 212 g/mol. The van der Waals surface area contributed by atoms with Crippen LogP contribution in [0.3, 0.4) is 0 Å². The van der Waals surface area contributed by atoms with Crippen LogP contribution in [0.4, 0.5) is 0 Å². The summed E-state index contributed by atoms with van der Waals surface area (Å²) >= 11 is 0. The fraction of sp³-hybridized carbons (Fsp3) is 0.750. The molecular weight excluding hydrogens is 195 g/mol. The zero-order valence-electron chi connectivity index (χ0n) is 7.51. The summed E-state index contributed by atoms with van der Waals surface area (Å²) in [4.78, 5) is 2.43. The molecule has 1 heterocycles. The number of nitrogens with one attached hydrogen (secondary N) is 1. The Kier molecular flexibility index (Phi) is 9.67. The van der Waals surface area contributed by atoms with Gasteiger partial charge in [0.1, 0.15) is 0 Å². The summed E-state index contributed by atoms with van der Waals surface area (Å²) in [6.07, 6.45) is 0. The first-order valence-corrected chi connectivity index (χ1v) is 3.86. The number of halogens is 2. The quantitative estimate of drug-likeness (QED) is 0.696. The van der Waals surface area contributed by atoms with Gasteiger partial charge in [0.05, 0.1) is 0 Å². The summed E-state index contributed by atoms with van der Waals surface area (Å²) in [5.74, 6) is 0. The van der Waals surface area contributed by atoms with Gasteiger partial charge in [-0.05, 0) is 6.92 Å². The maximum Gasteiger partial charge on any atom is 0.0188 e. The van der Waals surface area contributed by atoms with E-state index in [0.29, 0.717) is 0 Å². The molecule has 0 saturated carbocycles. The van der Waals surface area contributed by atoms with Gasteiger partial charge in [0.25, 0.3) is 0 Å². The van der Waals surface area contributed by atoms with Gasteiger partial charge in [0.2, 0.25) is 0 Å². The second kappa shape index (κ2) is 7.87. The fourth-order valence-corrected chi connectivity index (χ4v) is 1.25. The maximum atomic E-state index is 3.89. The molecule has 0 atom stereocenters. The van der Waals surface area contributed by atoms with Crippen molar-refractivity contribution in [2.45, 2.75) is 6.92 Å². The second-order valence-corrected chi connectivity index (χ2v) is 2.98. The Labute approximate surface area is 87.2 Å². The minimum atomic E-state index is 0. The van der Waals surface area contributed by atoms with E-state index in [1.54, 1.807) is 0 Å². The van der Waals surface area contributed by atoms with E-state index in [9.17, 15) is 0 Å². The van der Waals surface area contributed by atoms with Crippen LogP contribution in [0.15, 0.2) is 12.2 Å². The van der Waals surface area contributed by atoms with Crippen molar-refractivity contribution in [1.82, 2.24) is 10.2 Å². The highest BCUT2D eigenvalue weighted by molar-refractivity contribution is 5.85. The highest BCUT2D eigenvalue weighted by atomic mass is 35.5. The van der Waals surface area contributed by atoms with Crippen molar-refractivity contribution in [2.75, 3.05) is 32.7 Å². The van der Waals surface area contributed by atoms with E-state index in [4.69, 9.17) is 0 Å². The molecule has 1 N–H and O–H groups in total. The lowest BCUT2D eigenvalue weighted by atomic mass is 10.3. The summed E-state index contributed by atoms with van der Waals surface area (Å²) in [7, 11) is 0. The molecule has 0 unspecified atom stereocenters. The first-order chi connectivity index (χ1) is 4.79. The van der Waals surface area contributed by atoms with E-state index in [-0.39, 0.29) is 24.8 Å². The molecule has 0 aromatic carbocycles. The van der Waals surface area contributed by atoms with Gasteiger partial charge >= 0.3 is 0 Å². The third kappa shape index (κ3) is 5.84. The molecule has 0 bridgehead atoms. The molecule has 1 fully saturated rings. The van der Waals surface area contributed by atoms with Gasteiger partial charge in [-0.1, -0.05) is 12.2 Å². The van der Waals surface area contributed by atoms with E-state index >= 15 is 0 Å². The average Bonchev–Trinajstić information content (AvgIpc) is 1.88. The van der Waals surface area contributed by atoms with E-state index in [1.165, 1.54) is 18.7 Å². The zero-order chi connectivity index (χ0) is 7.40. The third-order valence-electron chi connectivity index (χ3n) is 1.70. The minimum Gasteiger partial charge on any atom is -0.314 e. The van der Waals surface area contributed by atoms with Gasteiger partial charge < -0.3 is 5.32 Å². The van der Waals surface area contributed by atoms with Crippen LogP contribution < -0.4 is 5.32 Å². The molecule has 0 aromatic heterocycles. The van der Waals surface area contributed by atoms with Gasteiger partial charge in [-0.25, -0.2) is 0 Å². The van der Waals surface area contributed by atoms with Crippen LogP contribution in [0.1, 0.15) is 6.92 Å². The lowest BCUT2D eigenvalue weighted by molar-refractivity contribution is 0.260. The largest absolute Gasteiger partial charge is 0.314 e. The van der Waals surface area contributed by atoms with Gasteiger partial charge in [0.15, 0.2) is 0 Å². The van der Waals surface area contributed by atoms with Crippen molar-refractivity contribution in [3.63, 3.8) is 0 Å². The SMILES string of the molecule is C=C(C)CN1CCNCC1.Cl.Cl. The number of hydrogen-bond donors (Lipinski definition) is 1. The summed E-state index contributed by atoms with van der Waals surface area (Å²) < 4.78 is 0. The Balaban J connectivity index is 0. The first-order valence-electron chi connectivity index (χ1n) is 3.86. The van der Waals surface area contributed by atoms with Crippen molar-refractivity contribution in [3.05, 3.63) is 12.2 Å². The smallest absolute Gasteiger partial charge is 0.0188 e. The average molecular weight is 213 g/mol. The maximum absolute atomic E-state index is 3.89.